The summed E-state index contributed by atoms with van der Waals surface area (Å²) in [6.45, 7) is 13.1. The minimum Gasteiger partial charge on any atom is -0.412 e. The molecule has 1 fully saturated rings. The van der Waals surface area contributed by atoms with Crippen LogP contribution in [0, 0.1) is 16.7 Å². The molecule has 6 N–H and O–H groups in total. The van der Waals surface area contributed by atoms with Crippen LogP contribution in [0.5, 0.6) is 0 Å². The van der Waals surface area contributed by atoms with E-state index in [1.54, 1.807) is 19.1 Å². The summed E-state index contributed by atoms with van der Waals surface area (Å²) < 4.78 is 0. The van der Waals surface area contributed by atoms with Gasteiger partial charge in [-0.2, -0.15) is 0 Å². The number of amidine groups is 1. The Bertz CT molecular complexity index is 463. The van der Waals surface area contributed by atoms with Gasteiger partial charge in [-0.15, -0.1) is 0 Å². The number of nitrogens with zero attached hydrogens (tertiary/aromatic N) is 3. The van der Waals surface area contributed by atoms with Crippen molar-refractivity contribution in [3.8, 4) is 0 Å². The van der Waals surface area contributed by atoms with Crippen molar-refractivity contribution in [1.82, 2.24) is 20.0 Å². The average Bonchev–Trinajstić information content (AvgIpc) is 2.72. The molecule has 0 aromatic heterocycles. The Balaban J connectivity index is -0.000000455. The van der Waals surface area contributed by atoms with Crippen molar-refractivity contribution in [3.63, 3.8) is 0 Å². The molecule has 8 nitrogen and oxygen atoms in total. The number of piperidine rings is 1. The van der Waals surface area contributed by atoms with Gasteiger partial charge in [-0.25, -0.2) is 0 Å². The topological polar surface area (TPSA) is 121 Å². The first-order valence-corrected chi connectivity index (χ1v) is 11.8. The molecule has 0 spiro atoms. The number of allylic oxidation sites excluding steroid dienone is 1. The molecule has 1 unspecified atom stereocenters. The fraction of sp³-hybridized carbons (Fsp3) is 0.833. The van der Waals surface area contributed by atoms with E-state index in [2.05, 4.69) is 57.0 Å². The zero-order valence-electron chi connectivity index (χ0n) is 22.1. The lowest BCUT2D eigenvalue weighted by molar-refractivity contribution is 0.221. The first kappa shape index (κ1) is 35.3. The van der Waals surface area contributed by atoms with Gasteiger partial charge >= 0.3 is 0 Å². The average molecular weight is 459 g/mol. The van der Waals surface area contributed by atoms with Crippen LogP contribution in [0.3, 0.4) is 0 Å². The van der Waals surface area contributed by atoms with Crippen molar-refractivity contribution in [2.75, 3.05) is 61.0 Å². The quantitative estimate of drug-likeness (QED) is 0.296. The molecule has 0 bridgehead atoms. The smallest absolute Gasteiger partial charge is 0.120 e. The minimum atomic E-state index is 0. The maximum Gasteiger partial charge on any atom is 0.120 e. The number of aliphatic hydroxyl groups excluding tert-OH is 1. The normalized spacial score (nSPS) is 15.1. The van der Waals surface area contributed by atoms with Gasteiger partial charge in [0.05, 0.1) is 0 Å². The predicted molar refractivity (Wildman–Crippen MR) is 140 cm³/mol. The van der Waals surface area contributed by atoms with Gasteiger partial charge in [0.15, 0.2) is 0 Å². The molecule has 0 amide bonds. The second-order valence-corrected chi connectivity index (χ2v) is 8.75. The van der Waals surface area contributed by atoms with Crippen LogP contribution in [-0.4, -0.2) is 110 Å². The summed E-state index contributed by atoms with van der Waals surface area (Å²) >= 11 is 0. The molecule has 0 aliphatic carbocycles. The summed E-state index contributed by atoms with van der Waals surface area (Å²) in [6.07, 6.45) is 9.19. The van der Waals surface area contributed by atoms with E-state index in [1.807, 2.05) is 11.9 Å². The molecule has 1 heterocycles. The lowest BCUT2D eigenvalue weighted by Crippen LogP contribution is -2.43. The highest BCUT2D eigenvalue weighted by atomic mass is 16.2. The molecule has 0 saturated carbocycles. The van der Waals surface area contributed by atoms with E-state index in [-0.39, 0.29) is 12.1 Å². The molecule has 0 radical (unpaired) electrons. The molecule has 0 aromatic carbocycles. The van der Waals surface area contributed by atoms with Gasteiger partial charge in [0.2, 0.25) is 0 Å². The number of hydrogen-bond acceptors (Lipinski definition) is 6. The van der Waals surface area contributed by atoms with Gasteiger partial charge < -0.3 is 36.0 Å². The largest absolute Gasteiger partial charge is 0.412 e. The zero-order valence-corrected chi connectivity index (χ0v) is 22.1. The fourth-order valence-corrected chi connectivity index (χ4v) is 3.57. The molecule has 192 valence electrons. The molecule has 32 heavy (non-hydrogen) atoms. The van der Waals surface area contributed by atoms with Crippen molar-refractivity contribution in [2.45, 2.75) is 65.5 Å². The van der Waals surface area contributed by atoms with Gasteiger partial charge in [-0.1, -0.05) is 20.8 Å². The molecular formula is C24H54N6O2. The third kappa shape index (κ3) is 19.4. The van der Waals surface area contributed by atoms with Crippen LogP contribution in [0.15, 0.2) is 12.2 Å². The summed E-state index contributed by atoms with van der Waals surface area (Å²) in [5, 5.41) is 25.4. The van der Waals surface area contributed by atoms with Crippen molar-refractivity contribution in [3.05, 3.63) is 12.2 Å². The number of aliphatic hydroxyl groups is 1. The van der Waals surface area contributed by atoms with E-state index in [1.165, 1.54) is 32.1 Å². The van der Waals surface area contributed by atoms with Crippen molar-refractivity contribution in [2.24, 2.45) is 5.92 Å². The Morgan fingerprint density at radius 2 is 1.72 bits per heavy atom. The highest BCUT2D eigenvalue weighted by molar-refractivity contribution is 5.93. The predicted octanol–water partition coefficient (Wildman–Crippen LogP) is 2.33. The van der Waals surface area contributed by atoms with E-state index < -0.39 is 0 Å². The van der Waals surface area contributed by atoms with Crippen molar-refractivity contribution >= 4 is 12.1 Å². The van der Waals surface area contributed by atoms with Gasteiger partial charge in [0, 0.05) is 44.5 Å². The highest BCUT2D eigenvalue weighted by Crippen LogP contribution is 2.10. The van der Waals surface area contributed by atoms with E-state index >= 15 is 0 Å². The Hall–Kier alpha value is -1.32. The first-order valence-electron chi connectivity index (χ1n) is 11.8. The van der Waals surface area contributed by atoms with E-state index in [0.29, 0.717) is 11.9 Å². The first-order chi connectivity index (χ1) is 14.7. The Kier molecular flexibility index (Phi) is 25.2. The van der Waals surface area contributed by atoms with Crippen LogP contribution in [0.4, 0.5) is 0 Å². The zero-order chi connectivity index (χ0) is 24.2. The molecule has 8 heteroatoms. The lowest BCUT2D eigenvalue weighted by atomic mass is 10.1. The summed E-state index contributed by atoms with van der Waals surface area (Å²) in [5.41, 5.74) is 0. The maximum absolute atomic E-state index is 7.72. The maximum atomic E-state index is 7.72. The molecule has 0 aromatic rings. The number of likely N-dealkylation sites (tertiary alicyclic amines) is 1. The summed E-state index contributed by atoms with van der Waals surface area (Å²) in [5.74, 6) is 1.29. The Morgan fingerprint density at radius 1 is 1.19 bits per heavy atom. The van der Waals surface area contributed by atoms with E-state index in [0.717, 1.165) is 37.9 Å². The minimum absolute atomic E-state index is 0. The second-order valence-electron chi connectivity index (χ2n) is 8.75. The third-order valence-corrected chi connectivity index (χ3v) is 5.32. The van der Waals surface area contributed by atoms with Crippen LogP contribution in [0.25, 0.3) is 0 Å². The van der Waals surface area contributed by atoms with Gasteiger partial charge in [0.1, 0.15) is 5.84 Å². The SMILES string of the molecule is CCC(CCN(C)CC(C)C)N(C)C.CCO.CNC1CCN(C(=N)/C=C\C=N)CC1.O. The third-order valence-electron chi connectivity index (χ3n) is 5.32. The van der Waals surface area contributed by atoms with Crippen LogP contribution in [-0.2, 0) is 0 Å². The van der Waals surface area contributed by atoms with Crippen LogP contribution >= 0.6 is 0 Å². The monoisotopic (exact) mass is 458 g/mol. The van der Waals surface area contributed by atoms with Gasteiger partial charge in [-0.05, 0) is 85.4 Å². The van der Waals surface area contributed by atoms with Crippen molar-refractivity contribution < 1.29 is 10.6 Å². The molecule has 1 aliphatic heterocycles. The standard InChI is InChI=1S/C12H28N2.C10H18N4.C2H6O.H2O/c1-7-12(13(4)5)8-9-14(6)10-11(2)3;1-13-9-4-7-14(8-5-9)10(12)3-2-6-11;1-2-3;/h11-12H,7-10H2,1-6H3;2-3,6,9,11-13H,4-5,7-8H2,1H3;3H,2H2,1H3;1H2/b;3-2-,11-6?,12-10?;;. The second kappa shape index (κ2) is 22.9. The molecule has 1 saturated heterocycles. The summed E-state index contributed by atoms with van der Waals surface area (Å²) in [4.78, 5) is 6.83. The van der Waals surface area contributed by atoms with Gasteiger partial charge in [-0.3, -0.25) is 5.41 Å². The Morgan fingerprint density at radius 3 is 2.09 bits per heavy atom. The number of hydrogen-bond donors (Lipinski definition) is 4. The lowest BCUT2D eigenvalue weighted by Gasteiger charge is -2.32. The molecule has 1 aliphatic rings. The highest BCUT2D eigenvalue weighted by Gasteiger charge is 2.18. The summed E-state index contributed by atoms with van der Waals surface area (Å²) in [7, 11) is 8.57. The summed E-state index contributed by atoms with van der Waals surface area (Å²) in [6, 6.07) is 1.34. The van der Waals surface area contributed by atoms with Crippen LogP contribution in [0.1, 0.15) is 53.4 Å². The molecular weight excluding hydrogens is 404 g/mol. The number of nitrogens with one attached hydrogen (secondary N) is 3. The fourth-order valence-electron chi connectivity index (χ4n) is 3.57. The Labute approximate surface area is 198 Å². The van der Waals surface area contributed by atoms with Gasteiger partial charge in [0.25, 0.3) is 0 Å². The molecule has 1 atom stereocenters. The van der Waals surface area contributed by atoms with E-state index in [4.69, 9.17) is 15.9 Å². The van der Waals surface area contributed by atoms with Crippen molar-refractivity contribution in [1.29, 1.82) is 10.8 Å². The van der Waals surface area contributed by atoms with E-state index in [9.17, 15) is 0 Å². The van der Waals surface area contributed by atoms with Crippen LogP contribution < -0.4 is 5.32 Å². The number of rotatable bonds is 10. The van der Waals surface area contributed by atoms with Crippen LogP contribution in [0.2, 0.25) is 0 Å². The molecule has 1 rings (SSSR count).